The van der Waals surface area contributed by atoms with Crippen LogP contribution in [0.25, 0.3) is 9.40 Å². The fraction of sp³-hybridized carbons (Fsp3) is 0.111. The van der Waals surface area contributed by atoms with E-state index in [9.17, 15) is 0 Å². The topological polar surface area (TPSA) is 0 Å². The maximum Gasteiger partial charge on any atom is 0.0926 e. The van der Waals surface area contributed by atoms with Gasteiger partial charge >= 0.3 is 0 Å². The molecule has 0 unspecified atom stereocenters. The molecule has 0 N–H and O–H groups in total. The van der Waals surface area contributed by atoms with Crippen molar-refractivity contribution in [2.45, 2.75) is 4.58 Å². The summed E-state index contributed by atoms with van der Waals surface area (Å²) in [5.41, 5.74) is 0. The Morgan fingerprint density at radius 1 is 1.08 bits per heavy atom. The van der Waals surface area contributed by atoms with Crippen molar-refractivity contribution in [3.05, 3.63) is 33.2 Å². The van der Waals surface area contributed by atoms with Gasteiger partial charge in [-0.2, -0.15) is 0 Å². The zero-order chi connectivity index (χ0) is 8.67. The van der Waals surface area contributed by atoms with Gasteiger partial charge in [-0.25, -0.2) is 0 Å². The first-order valence-corrected chi connectivity index (χ1v) is 7.44. The summed E-state index contributed by atoms with van der Waals surface area (Å²) in [6.07, 6.45) is 0. The minimum absolute atomic E-state index is 0.615. The monoisotopic (exact) mass is 242 g/mol. The minimum atomic E-state index is 0.615. The van der Waals surface area contributed by atoms with Gasteiger partial charge in [-0.15, -0.1) is 46.2 Å². The highest BCUT2D eigenvalue weighted by Gasteiger charge is 2.17. The van der Waals surface area contributed by atoms with Gasteiger partial charge in [0.2, 0.25) is 0 Å². The molecule has 0 bridgehead atoms. The minimum Gasteiger partial charge on any atom is -0.143 e. The SMILES string of the molecule is C1=CSC(c2cc3sccc3s2)S1. The summed E-state index contributed by atoms with van der Waals surface area (Å²) in [7, 11) is 0. The third-order valence-electron chi connectivity index (χ3n) is 1.85. The summed E-state index contributed by atoms with van der Waals surface area (Å²) in [6.45, 7) is 0. The van der Waals surface area contributed by atoms with Gasteiger partial charge in [-0.3, -0.25) is 0 Å². The van der Waals surface area contributed by atoms with Crippen molar-refractivity contribution in [3.8, 4) is 0 Å². The van der Waals surface area contributed by atoms with E-state index in [1.165, 1.54) is 14.3 Å². The Labute approximate surface area is 93.0 Å². The number of hydrogen-bond donors (Lipinski definition) is 0. The molecular weight excluding hydrogens is 236 g/mol. The first kappa shape index (κ1) is 8.41. The largest absolute Gasteiger partial charge is 0.143 e. The molecule has 3 heterocycles. The summed E-state index contributed by atoms with van der Waals surface area (Å²) < 4.78 is 3.49. The molecule has 0 amide bonds. The second-order valence-corrected chi connectivity index (χ2v) is 7.07. The van der Waals surface area contributed by atoms with Crippen LogP contribution in [0.1, 0.15) is 9.46 Å². The van der Waals surface area contributed by atoms with Gasteiger partial charge in [0.05, 0.1) is 4.58 Å². The highest BCUT2D eigenvalue weighted by Crippen LogP contribution is 2.49. The Hall–Kier alpha value is 0.1000. The van der Waals surface area contributed by atoms with E-state index in [0.29, 0.717) is 4.58 Å². The van der Waals surface area contributed by atoms with Gasteiger partial charge in [0.15, 0.2) is 0 Å². The van der Waals surface area contributed by atoms with Crippen molar-refractivity contribution in [1.82, 2.24) is 0 Å². The van der Waals surface area contributed by atoms with Crippen molar-refractivity contribution in [2.75, 3.05) is 0 Å². The summed E-state index contributed by atoms with van der Waals surface area (Å²) >= 11 is 7.59. The van der Waals surface area contributed by atoms with Crippen LogP contribution in [-0.4, -0.2) is 0 Å². The van der Waals surface area contributed by atoms with Crippen molar-refractivity contribution in [1.29, 1.82) is 0 Å². The first-order chi connectivity index (χ1) is 6.43. The fourth-order valence-electron chi connectivity index (χ4n) is 1.27. The quantitative estimate of drug-likeness (QED) is 0.696. The summed E-state index contributed by atoms with van der Waals surface area (Å²) in [5.74, 6) is 0. The average molecular weight is 242 g/mol. The lowest BCUT2D eigenvalue weighted by Crippen LogP contribution is -1.74. The first-order valence-electron chi connectivity index (χ1n) is 3.86. The van der Waals surface area contributed by atoms with Crippen LogP contribution in [0, 0.1) is 0 Å². The second kappa shape index (κ2) is 3.35. The summed E-state index contributed by atoms with van der Waals surface area (Å²) in [4.78, 5) is 1.50. The molecular formula is C9H6S4. The van der Waals surface area contributed by atoms with Crippen molar-refractivity contribution in [3.63, 3.8) is 0 Å². The summed E-state index contributed by atoms with van der Waals surface area (Å²) in [6, 6.07) is 4.55. The molecule has 1 aliphatic heterocycles. The van der Waals surface area contributed by atoms with Gasteiger partial charge in [0.1, 0.15) is 0 Å². The van der Waals surface area contributed by atoms with Crippen LogP contribution in [0.2, 0.25) is 0 Å². The number of fused-ring (bicyclic) bond motifs is 1. The van der Waals surface area contributed by atoms with Crippen LogP contribution in [0.5, 0.6) is 0 Å². The lowest BCUT2D eigenvalue weighted by atomic mass is 10.5. The molecule has 66 valence electrons. The average Bonchev–Trinajstić information content (AvgIpc) is 2.78. The summed E-state index contributed by atoms with van der Waals surface area (Å²) in [5, 5.41) is 6.53. The van der Waals surface area contributed by atoms with E-state index in [2.05, 4.69) is 28.3 Å². The Morgan fingerprint density at radius 3 is 2.69 bits per heavy atom. The number of rotatable bonds is 1. The lowest BCUT2D eigenvalue weighted by Gasteiger charge is -2.02. The molecule has 0 nitrogen and oxygen atoms in total. The van der Waals surface area contributed by atoms with E-state index < -0.39 is 0 Å². The molecule has 2 aromatic rings. The Bertz CT molecular complexity index is 414. The van der Waals surface area contributed by atoms with Gasteiger partial charge in [-0.1, -0.05) is 0 Å². The Kier molecular flexibility index (Phi) is 2.17. The Morgan fingerprint density at radius 2 is 1.92 bits per heavy atom. The molecule has 0 aliphatic carbocycles. The molecule has 3 rings (SSSR count). The van der Waals surface area contributed by atoms with Crippen LogP contribution < -0.4 is 0 Å². The van der Waals surface area contributed by atoms with Crippen LogP contribution in [0.4, 0.5) is 0 Å². The standard InChI is InChI=1S/C9H6S4/c1-2-10-7-5-8(13-6(1)7)9-11-3-4-12-9/h1-5,9H. The molecule has 0 radical (unpaired) electrons. The van der Waals surface area contributed by atoms with Crippen molar-refractivity contribution < 1.29 is 0 Å². The highest BCUT2D eigenvalue weighted by molar-refractivity contribution is 8.21. The van der Waals surface area contributed by atoms with E-state index in [4.69, 9.17) is 0 Å². The predicted octanol–water partition coefficient (Wildman–Crippen LogP) is 4.91. The molecule has 1 aliphatic rings. The van der Waals surface area contributed by atoms with Crippen LogP contribution >= 0.6 is 46.2 Å². The van der Waals surface area contributed by atoms with Crippen LogP contribution in [0.15, 0.2) is 28.3 Å². The zero-order valence-corrected chi connectivity index (χ0v) is 9.86. The second-order valence-electron chi connectivity index (χ2n) is 2.67. The van der Waals surface area contributed by atoms with E-state index in [1.54, 1.807) is 0 Å². The number of thiophene rings is 2. The normalized spacial score (nSPS) is 17.5. The molecule has 0 saturated carbocycles. The molecule has 0 saturated heterocycles. The van der Waals surface area contributed by atoms with E-state index in [0.717, 1.165) is 0 Å². The van der Waals surface area contributed by atoms with Gasteiger partial charge < -0.3 is 0 Å². The third-order valence-corrected chi connectivity index (χ3v) is 6.73. The van der Waals surface area contributed by atoms with E-state index in [-0.39, 0.29) is 0 Å². The molecule has 4 heteroatoms. The van der Waals surface area contributed by atoms with Gasteiger partial charge in [0, 0.05) is 14.3 Å². The molecule has 0 aromatic carbocycles. The smallest absolute Gasteiger partial charge is 0.0926 e. The van der Waals surface area contributed by atoms with Crippen LogP contribution in [-0.2, 0) is 0 Å². The van der Waals surface area contributed by atoms with Crippen molar-refractivity contribution >= 4 is 55.6 Å². The van der Waals surface area contributed by atoms with Crippen molar-refractivity contribution in [2.24, 2.45) is 0 Å². The molecule has 0 fully saturated rings. The van der Waals surface area contributed by atoms with E-state index >= 15 is 0 Å². The molecule has 2 aromatic heterocycles. The van der Waals surface area contributed by atoms with Gasteiger partial charge in [0.25, 0.3) is 0 Å². The third kappa shape index (κ3) is 1.46. The molecule has 0 atom stereocenters. The van der Waals surface area contributed by atoms with Gasteiger partial charge in [-0.05, 0) is 28.3 Å². The highest BCUT2D eigenvalue weighted by atomic mass is 32.2. The Balaban J connectivity index is 2.03. The van der Waals surface area contributed by atoms with Crippen LogP contribution in [0.3, 0.4) is 0 Å². The molecule has 0 spiro atoms. The lowest BCUT2D eigenvalue weighted by molar-refractivity contribution is 1.53. The maximum absolute atomic E-state index is 2.34. The maximum atomic E-state index is 2.34. The van der Waals surface area contributed by atoms with E-state index in [1.807, 2.05) is 46.2 Å². The number of thioether (sulfide) groups is 2. The molecule has 13 heavy (non-hydrogen) atoms. The zero-order valence-electron chi connectivity index (χ0n) is 6.60. The predicted molar refractivity (Wildman–Crippen MR) is 66.8 cm³/mol. The number of hydrogen-bond acceptors (Lipinski definition) is 4. The fourth-order valence-corrected chi connectivity index (χ4v) is 5.72.